The molecule has 144 valence electrons. The van der Waals surface area contributed by atoms with Gasteiger partial charge >= 0.3 is 0 Å². The van der Waals surface area contributed by atoms with Gasteiger partial charge in [0.2, 0.25) is 5.91 Å². The van der Waals surface area contributed by atoms with Gasteiger partial charge in [-0.3, -0.25) is 9.36 Å². The molecule has 1 amide bonds. The lowest BCUT2D eigenvalue weighted by Crippen LogP contribution is -2.30. The van der Waals surface area contributed by atoms with Crippen molar-refractivity contribution in [1.29, 1.82) is 0 Å². The molecule has 0 bridgehead atoms. The fourth-order valence-electron chi connectivity index (χ4n) is 3.64. The number of hydrogen-bond acceptors (Lipinski definition) is 4. The van der Waals surface area contributed by atoms with Crippen molar-refractivity contribution in [2.24, 2.45) is 0 Å². The van der Waals surface area contributed by atoms with Gasteiger partial charge < -0.3 is 14.6 Å². The first-order chi connectivity index (χ1) is 13.5. The molecule has 1 aromatic carbocycles. The lowest BCUT2D eigenvalue weighted by molar-refractivity contribution is -0.117. The highest BCUT2D eigenvalue weighted by Gasteiger charge is 2.21. The molecule has 1 aliphatic heterocycles. The SMILES string of the molecule is Cc1cc(-n2c(C)cc(/C=C/C(=O)NC3CCOc4ccccc43)c2C)no1. The topological polar surface area (TPSA) is 69.3 Å². The third-order valence-corrected chi connectivity index (χ3v) is 5.00. The van der Waals surface area contributed by atoms with Crippen LogP contribution >= 0.6 is 0 Å². The van der Waals surface area contributed by atoms with Crippen LogP contribution in [0.2, 0.25) is 0 Å². The molecule has 0 saturated carbocycles. The summed E-state index contributed by atoms with van der Waals surface area (Å²) in [5, 5.41) is 7.17. The number of rotatable bonds is 4. The minimum atomic E-state index is -0.121. The quantitative estimate of drug-likeness (QED) is 0.697. The number of fused-ring (bicyclic) bond motifs is 1. The first-order valence-electron chi connectivity index (χ1n) is 9.36. The largest absolute Gasteiger partial charge is 0.493 e. The van der Waals surface area contributed by atoms with Gasteiger partial charge in [0.05, 0.1) is 12.6 Å². The molecule has 0 aliphatic carbocycles. The van der Waals surface area contributed by atoms with Crippen molar-refractivity contribution in [3.05, 3.63) is 70.7 Å². The van der Waals surface area contributed by atoms with Crippen LogP contribution in [-0.4, -0.2) is 22.2 Å². The lowest BCUT2D eigenvalue weighted by atomic mass is 10.0. The van der Waals surface area contributed by atoms with Crippen molar-refractivity contribution in [1.82, 2.24) is 15.0 Å². The van der Waals surface area contributed by atoms with Crippen LogP contribution in [0.25, 0.3) is 11.9 Å². The zero-order chi connectivity index (χ0) is 19.7. The zero-order valence-corrected chi connectivity index (χ0v) is 16.2. The third kappa shape index (κ3) is 3.45. The Morgan fingerprint density at radius 3 is 2.86 bits per heavy atom. The second-order valence-corrected chi connectivity index (χ2v) is 7.03. The Labute approximate surface area is 163 Å². The van der Waals surface area contributed by atoms with Gasteiger partial charge in [0.25, 0.3) is 0 Å². The minimum absolute atomic E-state index is 0.0346. The van der Waals surface area contributed by atoms with E-state index in [2.05, 4.69) is 10.5 Å². The summed E-state index contributed by atoms with van der Waals surface area (Å²) in [5.41, 5.74) is 4.03. The molecule has 1 unspecified atom stereocenters. The molecule has 6 nitrogen and oxygen atoms in total. The number of ether oxygens (including phenoxy) is 1. The van der Waals surface area contributed by atoms with Crippen molar-refractivity contribution in [3.8, 4) is 11.6 Å². The van der Waals surface area contributed by atoms with E-state index in [0.29, 0.717) is 6.61 Å². The second-order valence-electron chi connectivity index (χ2n) is 7.03. The highest BCUT2D eigenvalue weighted by Crippen LogP contribution is 2.31. The summed E-state index contributed by atoms with van der Waals surface area (Å²) in [5.74, 6) is 2.23. The van der Waals surface area contributed by atoms with Crippen LogP contribution in [0.4, 0.5) is 0 Å². The maximum Gasteiger partial charge on any atom is 0.244 e. The van der Waals surface area contributed by atoms with Gasteiger partial charge in [-0.05, 0) is 44.5 Å². The number of carbonyl (C=O) groups is 1. The molecule has 0 spiro atoms. The van der Waals surface area contributed by atoms with Gasteiger partial charge in [-0.15, -0.1) is 0 Å². The highest BCUT2D eigenvalue weighted by atomic mass is 16.5. The average Bonchev–Trinajstić information content (AvgIpc) is 3.22. The molecule has 3 heterocycles. The zero-order valence-electron chi connectivity index (χ0n) is 16.2. The Bertz CT molecular complexity index is 1050. The average molecular weight is 377 g/mol. The molecular formula is C22H23N3O3. The molecule has 0 fully saturated rings. The Hall–Kier alpha value is -3.28. The van der Waals surface area contributed by atoms with E-state index < -0.39 is 0 Å². The van der Waals surface area contributed by atoms with Crippen molar-refractivity contribution in [2.45, 2.75) is 33.2 Å². The standard InChI is InChI=1S/C22H23N3O3/c1-14-12-17(16(3)25(14)21-13-15(2)28-24-21)8-9-22(26)23-19-10-11-27-20-7-5-4-6-18(19)20/h4-9,12-13,19H,10-11H2,1-3H3,(H,23,26)/b9-8+. The smallest absolute Gasteiger partial charge is 0.244 e. The third-order valence-electron chi connectivity index (χ3n) is 5.00. The Balaban J connectivity index is 1.50. The molecule has 28 heavy (non-hydrogen) atoms. The van der Waals surface area contributed by atoms with Gasteiger partial charge in [-0.2, -0.15) is 0 Å². The number of carbonyl (C=O) groups excluding carboxylic acids is 1. The van der Waals surface area contributed by atoms with Crippen molar-refractivity contribution < 1.29 is 14.1 Å². The maximum absolute atomic E-state index is 12.5. The monoisotopic (exact) mass is 377 g/mol. The molecule has 3 aromatic rings. The van der Waals surface area contributed by atoms with Crippen LogP contribution in [0.3, 0.4) is 0 Å². The van der Waals surface area contributed by atoms with E-state index in [0.717, 1.165) is 46.3 Å². The highest BCUT2D eigenvalue weighted by molar-refractivity contribution is 5.92. The van der Waals surface area contributed by atoms with Crippen molar-refractivity contribution in [2.75, 3.05) is 6.61 Å². The van der Waals surface area contributed by atoms with Gasteiger partial charge in [0.15, 0.2) is 5.82 Å². The van der Waals surface area contributed by atoms with E-state index in [1.54, 1.807) is 6.08 Å². The van der Waals surface area contributed by atoms with Crippen molar-refractivity contribution in [3.63, 3.8) is 0 Å². The van der Waals surface area contributed by atoms with Crippen LogP contribution in [0.5, 0.6) is 5.75 Å². The Morgan fingerprint density at radius 2 is 2.07 bits per heavy atom. The van der Waals surface area contributed by atoms with Gasteiger partial charge in [-0.1, -0.05) is 23.4 Å². The van der Waals surface area contributed by atoms with Crippen LogP contribution in [0.15, 0.2) is 47.0 Å². The van der Waals surface area contributed by atoms with E-state index in [-0.39, 0.29) is 11.9 Å². The number of aromatic nitrogens is 2. The molecule has 0 saturated heterocycles. The first kappa shape index (κ1) is 18.1. The molecule has 1 atom stereocenters. The molecule has 1 aliphatic rings. The van der Waals surface area contributed by atoms with E-state index in [1.807, 2.05) is 67.8 Å². The predicted octanol–water partition coefficient (Wildman–Crippen LogP) is 4.04. The van der Waals surface area contributed by atoms with Crippen molar-refractivity contribution >= 4 is 12.0 Å². The van der Waals surface area contributed by atoms with E-state index in [4.69, 9.17) is 9.26 Å². The minimum Gasteiger partial charge on any atom is -0.493 e. The molecule has 2 aromatic heterocycles. The second kappa shape index (κ2) is 7.38. The maximum atomic E-state index is 12.5. The van der Waals surface area contributed by atoms with Gasteiger partial charge in [0.1, 0.15) is 11.5 Å². The molecule has 6 heteroatoms. The van der Waals surface area contributed by atoms with Crippen LogP contribution in [-0.2, 0) is 4.79 Å². The predicted molar refractivity (Wildman–Crippen MR) is 107 cm³/mol. The van der Waals surface area contributed by atoms with Gasteiger partial charge in [0, 0.05) is 35.5 Å². The summed E-state index contributed by atoms with van der Waals surface area (Å²) >= 11 is 0. The number of para-hydroxylation sites is 1. The summed E-state index contributed by atoms with van der Waals surface area (Å²) in [6, 6.07) is 11.7. The summed E-state index contributed by atoms with van der Waals surface area (Å²) in [6.07, 6.45) is 4.18. The van der Waals surface area contributed by atoms with Crippen LogP contribution in [0, 0.1) is 20.8 Å². The number of nitrogens with zero attached hydrogens (tertiary/aromatic N) is 2. The normalized spacial score (nSPS) is 16.0. The molecule has 1 N–H and O–H groups in total. The molecule has 0 radical (unpaired) electrons. The number of aryl methyl sites for hydroxylation is 2. The summed E-state index contributed by atoms with van der Waals surface area (Å²) in [4.78, 5) is 12.5. The summed E-state index contributed by atoms with van der Waals surface area (Å²) < 4.78 is 12.9. The fraction of sp³-hybridized carbons (Fsp3) is 0.273. The Morgan fingerprint density at radius 1 is 1.25 bits per heavy atom. The Kier molecular flexibility index (Phi) is 4.77. The van der Waals surface area contributed by atoms with E-state index in [1.165, 1.54) is 0 Å². The van der Waals surface area contributed by atoms with E-state index in [9.17, 15) is 4.79 Å². The van der Waals surface area contributed by atoms with Gasteiger partial charge in [-0.25, -0.2) is 0 Å². The number of hydrogen-bond donors (Lipinski definition) is 1. The van der Waals surface area contributed by atoms with Crippen LogP contribution in [0.1, 0.15) is 40.7 Å². The number of nitrogens with one attached hydrogen (secondary N) is 1. The van der Waals surface area contributed by atoms with Crippen LogP contribution < -0.4 is 10.1 Å². The molecule has 4 rings (SSSR count). The first-order valence-corrected chi connectivity index (χ1v) is 9.36. The number of benzene rings is 1. The number of amides is 1. The molecular weight excluding hydrogens is 354 g/mol. The lowest BCUT2D eigenvalue weighted by Gasteiger charge is -2.26. The summed E-state index contributed by atoms with van der Waals surface area (Å²) in [7, 11) is 0. The van der Waals surface area contributed by atoms with E-state index >= 15 is 0 Å². The fourth-order valence-corrected chi connectivity index (χ4v) is 3.64. The summed E-state index contributed by atoms with van der Waals surface area (Å²) in [6.45, 7) is 6.48.